The van der Waals surface area contributed by atoms with Gasteiger partial charge in [-0.05, 0) is 48.2 Å². The van der Waals surface area contributed by atoms with Gasteiger partial charge in [0.05, 0.1) is 11.3 Å². The van der Waals surface area contributed by atoms with Gasteiger partial charge in [0.15, 0.2) is 0 Å². The highest BCUT2D eigenvalue weighted by atomic mass is 16.2. The van der Waals surface area contributed by atoms with Crippen LogP contribution in [0, 0.1) is 0 Å². The van der Waals surface area contributed by atoms with E-state index in [2.05, 4.69) is 4.98 Å². The summed E-state index contributed by atoms with van der Waals surface area (Å²) in [6.07, 6.45) is 5.02. The molecule has 2 heterocycles. The standard InChI is InChI=1S/C17H16N2O2/c1-2-12-3-4-15-14(11-12)16(20)17(21)19(15)10-7-13-5-8-18-9-6-13/h3-6,8-9,11H,2,7,10H2,1H3. The molecule has 0 atom stereocenters. The topological polar surface area (TPSA) is 50.3 Å². The fourth-order valence-electron chi connectivity index (χ4n) is 2.58. The van der Waals surface area contributed by atoms with Gasteiger partial charge < -0.3 is 4.90 Å². The monoisotopic (exact) mass is 280 g/mol. The number of benzene rings is 1. The predicted molar refractivity (Wildman–Crippen MR) is 80.4 cm³/mol. The number of hydrogen-bond donors (Lipinski definition) is 0. The second-order valence-corrected chi connectivity index (χ2v) is 5.10. The van der Waals surface area contributed by atoms with Gasteiger partial charge in [-0.1, -0.05) is 13.0 Å². The lowest BCUT2D eigenvalue weighted by atomic mass is 10.1. The first-order valence-electron chi connectivity index (χ1n) is 7.08. The molecule has 3 rings (SSSR count). The first-order valence-corrected chi connectivity index (χ1v) is 7.08. The lowest BCUT2D eigenvalue weighted by Crippen LogP contribution is -2.31. The lowest BCUT2D eigenvalue weighted by Gasteiger charge is -2.16. The molecular formula is C17H16N2O2. The minimum Gasteiger partial charge on any atom is -0.304 e. The molecule has 0 fully saturated rings. The molecular weight excluding hydrogens is 264 g/mol. The van der Waals surface area contributed by atoms with Crippen molar-refractivity contribution in [2.45, 2.75) is 19.8 Å². The molecule has 1 aromatic carbocycles. The van der Waals surface area contributed by atoms with Crippen molar-refractivity contribution in [3.63, 3.8) is 0 Å². The van der Waals surface area contributed by atoms with E-state index in [9.17, 15) is 9.59 Å². The van der Waals surface area contributed by atoms with Crippen LogP contribution < -0.4 is 4.90 Å². The van der Waals surface area contributed by atoms with Gasteiger partial charge in [0.25, 0.3) is 11.7 Å². The highest BCUT2D eigenvalue weighted by molar-refractivity contribution is 6.52. The quantitative estimate of drug-likeness (QED) is 0.808. The van der Waals surface area contributed by atoms with Gasteiger partial charge in [-0.3, -0.25) is 14.6 Å². The summed E-state index contributed by atoms with van der Waals surface area (Å²) in [5.41, 5.74) is 3.44. The Bertz CT molecular complexity index is 695. The minimum absolute atomic E-state index is 0.393. The maximum Gasteiger partial charge on any atom is 0.299 e. The van der Waals surface area contributed by atoms with E-state index in [4.69, 9.17) is 0 Å². The van der Waals surface area contributed by atoms with E-state index in [-0.39, 0.29) is 0 Å². The zero-order valence-electron chi connectivity index (χ0n) is 11.9. The molecule has 0 unspecified atom stereocenters. The van der Waals surface area contributed by atoms with Gasteiger partial charge in [0.1, 0.15) is 0 Å². The zero-order chi connectivity index (χ0) is 14.8. The number of rotatable bonds is 4. The van der Waals surface area contributed by atoms with E-state index in [1.807, 2.05) is 37.3 Å². The van der Waals surface area contributed by atoms with Crippen molar-refractivity contribution < 1.29 is 9.59 Å². The van der Waals surface area contributed by atoms with Crippen molar-refractivity contribution in [2.24, 2.45) is 0 Å². The van der Waals surface area contributed by atoms with Gasteiger partial charge >= 0.3 is 0 Å². The van der Waals surface area contributed by atoms with Gasteiger partial charge in [-0.25, -0.2) is 0 Å². The molecule has 0 saturated carbocycles. The van der Waals surface area contributed by atoms with Crippen molar-refractivity contribution in [1.29, 1.82) is 0 Å². The van der Waals surface area contributed by atoms with Crippen LogP contribution in [0.15, 0.2) is 42.7 Å². The Balaban J connectivity index is 1.84. The van der Waals surface area contributed by atoms with Crippen LogP contribution in [0.25, 0.3) is 0 Å². The number of nitrogens with zero attached hydrogens (tertiary/aromatic N) is 2. The molecule has 4 nitrogen and oxygen atoms in total. The number of ketones is 1. The number of fused-ring (bicyclic) bond motifs is 1. The smallest absolute Gasteiger partial charge is 0.299 e. The average molecular weight is 280 g/mol. The highest BCUT2D eigenvalue weighted by Crippen LogP contribution is 2.30. The largest absolute Gasteiger partial charge is 0.304 e. The number of anilines is 1. The maximum atomic E-state index is 12.1. The molecule has 0 bridgehead atoms. The number of aromatic nitrogens is 1. The second-order valence-electron chi connectivity index (χ2n) is 5.10. The first-order chi connectivity index (χ1) is 10.2. The van der Waals surface area contributed by atoms with E-state index in [0.717, 1.165) is 23.2 Å². The molecule has 1 aliphatic heterocycles. The summed E-state index contributed by atoms with van der Waals surface area (Å²) in [5, 5.41) is 0. The van der Waals surface area contributed by atoms with Crippen LogP contribution in [0.2, 0.25) is 0 Å². The molecule has 0 aliphatic carbocycles. The van der Waals surface area contributed by atoms with Crippen LogP contribution in [0.5, 0.6) is 0 Å². The summed E-state index contributed by atoms with van der Waals surface area (Å²) in [7, 11) is 0. The van der Waals surface area contributed by atoms with E-state index in [0.29, 0.717) is 18.5 Å². The van der Waals surface area contributed by atoms with Crippen molar-refractivity contribution in [2.75, 3.05) is 11.4 Å². The summed E-state index contributed by atoms with van der Waals surface area (Å²) >= 11 is 0. The third kappa shape index (κ3) is 2.44. The van der Waals surface area contributed by atoms with Gasteiger partial charge in [0, 0.05) is 18.9 Å². The summed E-state index contributed by atoms with van der Waals surface area (Å²) < 4.78 is 0. The first kappa shape index (κ1) is 13.5. The molecule has 0 spiro atoms. The summed E-state index contributed by atoms with van der Waals surface area (Å²) in [6.45, 7) is 2.54. The third-order valence-electron chi connectivity index (χ3n) is 3.82. The fraction of sp³-hybridized carbons (Fsp3) is 0.235. The number of aryl methyl sites for hydroxylation is 1. The molecule has 0 saturated heterocycles. The maximum absolute atomic E-state index is 12.1. The van der Waals surface area contributed by atoms with Crippen molar-refractivity contribution in [1.82, 2.24) is 4.98 Å². The highest BCUT2D eigenvalue weighted by Gasteiger charge is 2.35. The van der Waals surface area contributed by atoms with Gasteiger partial charge in [-0.15, -0.1) is 0 Å². The Hall–Kier alpha value is -2.49. The van der Waals surface area contributed by atoms with E-state index < -0.39 is 11.7 Å². The fourth-order valence-corrected chi connectivity index (χ4v) is 2.58. The number of hydrogen-bond acceptors (Lipinski definition) is 3. The Morgan fingerprint density at radius 2 is 1.81 bits per heavy atom. The van der Waals surface area contributed by atoms with Crippen LogP contribution in [0.1, 0.15) is 28.4 Å². The van der Waals surface area contributed by atoms with E-state index in [1.54, 1.807) is 17.3 Å². The molecule has 4 heteroatoms. The molecule has 0 N–H and O–H groups in total. The van der Waals surface area contributed by atoms with Crippen molar-refractivity contribution >= 4 is 17.4 Å². The summed E-state index contributed by atoms with van der Waals surface area (Å²) in [5.74, 6) is -0.817. The second kappa shape index (κ2) is 5.48. The number of Topliss-reactive ketones (excluding diaryl/α,β-unsaturated/α-hetero) is 1. The molecule has 0 radical (unpaired) electrons. The molecule has 1 aliphatic rings. The Morgan fingerprint density at radius 3 is 2.52 bits per heavy atom. The Kier molecular flexibility index (Phi) is 3.52. The van der Waals surface area contributed by atoms with Crippen LogP contribution in [0.4, 0.5) is 5.69 Å². The predicted octanol–water partition coefficient (Wildman–Crippen LogP) is 2.42. The molecule has 1 aromatic heterocycles. The lowest BCUT2D eigenvalue weighted by molar-refractivity contribution is -0.114. The third-order valence-corrected chi connectivity index (χ3v) is 3.82. The summed E-state index contributed by atoms with van der Waals surface area (Å²) in [6, 6.07) is 9.53. The average Bonchev–Trinajstić information content (AvgIpc) is 2.77. The summed E-state index contributed by atoms with van der Waals surface area (Å²) in [4.78, 5) is 29.8. The van der Waals surface area contributed by atoms with Crippen LogP contribution in [0.3, 0.4) is 0 Å². The molecule has 106 valence electrons. The van der Waals surface area contributed by atoms with Crippen LogP contribution in [-0.2, 0) is 17.6 Å². The number of pyridine rings is 1. The minimum atomic E-state index is -0.424. The molecule has 1 amide bonds. The van der Waals surface area contributed by atoms with Crippen molar-refractivity contribution in [3.05, 3.63) is 59.4 Å². The van der Waals surface area contributed by atoms with E-state index in [1.165, 1.54) is 0 Å². The number of carbonyl (C=O) groups is 2. The van der Waals surface area contributed by atoms with Crippen molar-refractivity contribution in [3.8, 4) is 0 Å². The zero-order valence-corrected chi connectivity index (χ0v) is 11.9. The van der Waals surface area contributed by atoms with Gasteiger partial charge in [0.2, 0.25) is 0 Å². The Labute approximate surface area is 123 Å². The number of carbonyl (C=O) groups excluding carboxylic acids is 2. The van der Waals surface area contributed by atoms with Crippen LogP contribution >= 0.6 is 0 Å². The molecule has 21 heavy (non-hydrogen) atoms. The SMILES string of the molecule is CCc1ccc2c(c1)C(=O)C(=O)N2CCc1ccncc1. The molecule has 2 aromatic rings. The number of amides is 1. The van der Waals surface area contributed by atoms with Crippen LogP contribution in [-0.4, -0.2) is 23.2 Å². The normalized spacial score (nSPS) is 13.7. The Morgan fingerprint density at radius 1 is 1.05 bits per heavy atom. The van der Waals surface area contributed by atoms with E-state index >= 15 is 0 Å². The van der Waals surface area contributed by atoms with Gasteiger partial charge in [-0.2, -0.15) is 0 Å².